The zero-order valence-electron chi connectivity index (χ0n) is 10.1. The van der Waals surface area contributed by atoms with Gasteiger partial charge in [-0.05, 0) is 26.3 Å². The van der Waals surface area contributed by atoms with Crippen molar-refractivity contribution in [1.29, 1.82) is 0 Å². The van der Waals surface area contributed by atoms with E-state index < -0.39 is 0 Å². The molecule has 5 heteroatoms. The summed E-state index contributed by atoms with van der Waals surface area (Å²) in [6.07, 6.45) is 3.84. The topological polar surface area (TPSA) is 42.4 Å². The van der Waals surface area contributed by atoms with Crippen LogP contribution < -0.4 is 0 Å². The van der Waals surface area contributed by atoms with E-state index in [2.05, 4.69) is 9.88 Å². The van der Waals surface area contributed by atoms with E-state index in [0.29, 0.717) is 6.61 Å². The van der Waals surface area contributed by atoms with Gasteiger partial charge in [0.25, 0.3) is 0 Å². The maximum Gasteiger partial charge on any atom is 0.310 e. The Kier molecular flexibility index (Phi) is 4.50. The number of hydrogen-bond donors (Lipinski definition) is 0. The number of likely N-dealkylation sites (tertiary alicyclic amines) is 1. The lowest BCUT2D eigenvalue weighted by molar-refractivity contribution is -0.150. The summed E-state index contributed by atoms with van der Waals surface area (Å²) in [5, 5.41) is 3.11. The molecule has 0 aromatic carbocycles. The van der Waals surface area contributed by atoms with Crippen molar-refractivity contribution >= 4 is 17.3 Å². The van der Waals surface area contributed by atoms with Crippen molar-refractivity contribution in [1.82, 2.24) is 9.88 Å². The quantitative estimate of drug-likeness (QED) is 0.770. The molecule has 0 bridgehead atoms. The molecule has 94 valence electrons. The summed E-state index contributed by atoms with van der Waals surface area (Å²) in [5.41, 5.74) is 0. The Labute approximate surface area is 106 Å². The van der Waals surface area contributed by atoms with E-state index in [4.69, 9.17) is 4.74 Å². The summed E-state index contributed by atoms with van der Waals surface area (Å²) in [6.45, 7) is 5.04. The molecule has 1 saturated heterocycles. The first kappa shape index (κ1) is 12.5. The van der Waals surface area contributed by atoms with Crippen LogP contribution in [0.25, 0.3) is 0 Å². The monoisotopic (exact) mass is 254 g/mol. The normalized spacial score (nSPS) is 21.4. The number of thiazole rings is 1. The average molecular weight is 254 g/mol. The van der Waals surface area contributed by atoms with Crippen LogP contribution in [0.4, 0.5) is 0 Å². The molecule has 0 saturated carbocycles. The van der Waals surface area contributed by atoms with Gasteiger partial charge in [0.2, 0.25) is 0 Å². The molecule has 1 aromatic rings. The molecule has 0 spiro atoms. The number of esters is 1. The fraction of sp³-hybridized carbons (Fsp3) is 0.667. The first-order valence-electron chi connectivity index (χ1n) is 6.07. The Hall–Kier alpha value is -0.940. The van der Waals surface area contributed by atoms with Gasteiger partial charge in [0, 0.05) is 18.1 Å². The molecule has 1 aliphatic heterocycles. The molecule has 1 aromatic heterocycles. The van der Waals surface area contributed by atoms with Crippen molar-refractivity contribution in [2.75, 3.05) is 19.7 Å². The van der Waals surface area contributed by atoms with Crippen LogP contribution in [0.2, 0.25) is 0 Å². The summed E-state index contributed by atoms with van der Waals surface area (Å²) < 4.78 is 5.09. The number of rotatable bonds is 4. The van der Waals surface area contributed by atoms with E-state index in [9.17, 15) is 4.79 Å². The van der Waals surface area contributed by atoms with Crippen molar-refractivity contribution in [2.45, 2.75) is 26.3 Å². The molecule has 2 heterocycles. The van der Waals surface area contributed by atoms with Crippen LogP contribution in [0.5, 0.6) is 0 Å². The zero-order chi connectivity index (χ0) is 12.1. The first-order valence-corrected chi connectivity index (χ1v) is 6.95. The van der Waals surface area contributed by atoms with E-state index in [0.717, 1.165) is 37.5 Å². The number of hydrogen-bond acceptors (Lipinski definition) is 5. The highest BCUT2D eigenvalue weighted by molar-refractivity contribution is 7.09. The van der Waals surface area contributed by atoms with Gasteiger partial charge >= 0.3 is 5.97 Å². The van der Waals surface area contributed by atoms with Crippen LogP contribution >= 0.6 is 11.3 Å². The number of aromatic nitrogens is 1. The molecule has 4 nitrogen and oxygen atoms in total. The highest BCUT2D eigenvalue weighted by Gasteiger charge is 2.26. The number of carbonyl (C=O) groups is 1. The number of piperidine rings is 1. The van der Waals surface area contributed by atoms with Crippen molar-refractivity contribution < 1.29 is 9.53 Å². The Balaban J connectivity index is 1.86. The maximum absolute atomic E-state index is 11.7. The van der Waals surface area contributed by atoms with Crippen LogP contribution in [0, 0.1) is 5.92 Å². The number of nitrogens with zero attached hydrogens (tertiary/aromatic N) is 2. The van der Waals surface area contributed by atoms with Crippen molar-refractivity contribution in [2.24, 2.45) is 5.92 Å². The van der Waals surface area contributed by atoms with Gasteiger partial charge in [0.15, 0.2) is 0 Å². The minimum atomic E-state index is -0.0451. The predicted octanol–water partition coefficient (Wildman–Crippen LogP) is 1.92. The molecular formula is C12H18N2O2S. The maximum atomic E-state index is 11.7. The summed E-state index contributed by atoms with van der Waals surface area (Å²) in [7, 11) is 0. The van der Waals surface area contributed by atoms with E-state index >= 15 is 0 Å². The second-order valence-corrected chi connectivity index (χ2v) is 5.23. The Bertz CT molecular complexity index is 353. The largest absolute Gasteiger partial charge is 0.466 e. The third-order valence-electron chi connectivity index (χ3n) is 2.97. The molecule has 0 unspecified atom stereocenters. The van der Waals surface area contributed by atoms with Gasteiger partial charge in [-0.15, -0.1) is 11.3 Å². The van der Waals surface area contributed by atoms with Crippen LogP contribution in [-0.2, 0) is 16.1 Å². The SMILES string of the molecule is CCOC(=O)[C@H]1CCCN(Cc2nccs2)C1. The standard InChI is InChI=1S/C12H18N2O2S/c1-2-16-12(15)10-4-3-6-14(8-10)9-11-13-5-7-17-11/h5,7,10H,2-4,6,8-9H2,1H3/t10-/m0/s1. The second kappa shape index (κ2) is 6.12. The Morgan fingerprint density at radius 1 is 1.71 bits per heavy atom. The molecule has 0 amide bonds. The van der Waals surface area contributed by atoms with Crippen molar-refractivity contribution in [3.63, 3.8) is 0 Å². The van der Waals surface area contributed by atoms with E-state index in [1.54, 1.807) is 11.3 Å². The van der Waals surface area contributed by atoms with E-state index in [-0.39, 0.29) is 11.9 Å². The summed E-state index contributed by atoms with van der Waals surface area (Å²) in [6, 6.07) is 0. The lowest BCUT2D eigenvalue weighted by Crippen LogP contribution is -2.38. The van der Waals surface area contributed by atoms with Gasteiger partial charge < -0.3 is 4.74 Å². The lowest BCUT2D eigenvalue weighted by Gasteiger charge is -2.30. The molecular weight excluding hydrogens is 236 g/mol. The van der Waals surface area contributed by atoms with Gasteiger partial charge in [-0.3, -0.25) is 9.69 Å². The van der Waals surface area contributed by atoms with E-state index in [1.165, 1.54) is 0 Å². The molecule has 0 aliphatic carbocycles. The van der Waals surface area contributed by atoms with Crippen LogP contribution in [0.15, 0.2) is 11.6 Å². The third-order valence-corrected chi connectivity index (χ3v) is 3.73. The van der Waals surface area contributed by atoms with Gasteiger partial charge in [-0.25, -0.2) is 4.98 Å². The van der Waals surface area contributed by atoms with Crippen LogP contribution in [0.3, 0.4) is 0 Å². The zero-order valence-corrected chi connectivity index (χ0v) is 10.9. The molecule has 0 radical (unpaired) electrons. The van der Waals surface area contributed by atoms with Gasteiger partial charge in [-0.2, -0.15) is 0 Å². The van der Waals surface area contributed by atoms with Gasteiger partial charge in [-0.1, -0.05) is 0 Å². The highest BCUT2D eigenvalue weighted by atomic mass is 32.1. The summed E-state index contributed by atoms with van der Waals surface area (Å²) in [4.78, 5) is 18.3. The predicted molar refractivity (Wildman–Crippen MR) is 66.7 cm³/mol. The smallest absolute Gasteiger partial charge is 0.310 e. The fourth-order valence-electron chi connectivity index (χ4n) is 2.17. The average Bonchev–Trinajstić information content (AvgIpc) is 2.82. The molecule has 1 atom stereocenters. The molecule has 1 fully saturated rings. The second-order valence-electron chi connectivity index (χ2n) is 4.25. The number of carbonyl (C=O) groups excluding carboxylic acids is 1. The first-order chi connectivity index (χ1) is 8.29. The van der Waals surface area contributed by atoms with Crippen molar-refractivity contribution in [3.05, 3.63) is 16.6 Å². The van der Waals surface area contributed by atoms with Gasteiger partial charge in [0.05, 0.1) is 19.1 Å². The Morgan fingerprint density at radius 2 is 2.59 bits per heavy atom. The van der Waals surface area contributed by atoms with Crippen molar-refractivity contribution in [3.8, 4) is 0 Å². The minimum absolute atomic E-state index is 0.0451. The lowest BCUT2D eigenvalue weighted by atomic mass is 9.98. The highest BCUT2D eigenvalue weighted by Crippen LogP contribution is 2.20. The Morgan fingerprint density at radius 3 is 3.29 bits per heavy atom. The fourth-order valence-corrected chi connectivity index (χ4v) is 2.83. The molecule has 17 heavy (non-hydrogen) atoms. The van der Waals surface area contributed by atoms with Gasteiger partial charge in [0.1, 0.15) is 5.01 Å². The molecule has 0 N–H and O–H groups in total. The molecule has 1 aliphatic rings. The third kappa shape index (κ3) is 3.51. The minimum Gasteiger partial charge on any atom is -0.466 e. The summed E-state index contributed by atoms with van der Waals surface area (Å²) >= 11 is 1.67. The summed E-state index contributed by atoms with van der Waals surface area (Å²) in [5.74, 6) is 0.000000945. The molecule has 2 rings (SSSR count). The number of ether oxygens (including phenoxy) is 1. The van der Waals surface area contributed by atoms with Crippen LogP contribution in [-0.4, -0.2) is 35.5 Å². The van der Waals surface area contributed by atoms with E-state index in [1.807, 2.05) is 18.5 Å². The van der Waals surface area contributed by atoms with Crippen LogP contribution in [0.1, 0.15) is 24.8 Å².